The molecule has 0 spiro atoms. The van der Waals surface area contributed by atoms with Crippen molar-refractivity contribution >= 4 is 52.3 Å². The highest BCUT2D eigenvalue weighted by Gasteiger charge is 2.38. The maximum atomic E-state index is 13.8. The molecule has 2 bridgehead atoms. The molecule has 0 unspecified atom stereocenters. The number of ether oxygens (including phenoxy) is 5. The summed E-state index contributed by atoms with van der Waals surface area (Å²) in [7, 11) is 4.57. The molecule has 3 aliphatic heterocycles. The van der Waals surface area contributed by atoms with Crippen LogP contribution in [0.5, 0.6) is 23.0 Å². The molecule has 3 aromatic rings. The summed E-state index contributed by atoms with van der Waals surface area (Å²) in [4.78, 5) is 32.3. The zero-order chi connectivity index (χ0) is 36.7. The normalized spacial score (nSPS) is 19.4. The number of anilines is 1. The number of phenolic OH excluding ortho intramolecular Hbond substituents is 1. The van der Waals surface area contributed by atoms with Crippen molar-refractivity contribution in [3.63, 3.8) is 0 Å². The van der Waals surface area contributed by atoms with Gasteiger partial charge in [0.1, 0.15) is 28.6 Å². The third-order valence-electron chi connectivity index (χ3n) is 9.15. The third kappa shape index (κ3) is 9.02. The van der Waals surface area contributed by atoms with E-state index in [1.165, 1.54) is 49.7 Å². The minimum absolute atomic E-state index is 0.0243. The predicted octanol–water partition coefficient (Wildman–Crippen LogP) is 8.83. The summed E-state index contributed by atoms with van der Waals surface area (Å²) >= 11 is 14.2. The van der Waals surface area contributed by atoms with Crippen LogP contribution in [0.3, 0.4) is 0 Å². The average Bonchev–Trinajstić information content (AvgIpc) is 3.64. The van der Waals surface area contributed by atoms with Crippen LogP contribution in [0.4, 0.5) is 10.5 Å². The molecule has 1 N–H and O–H groups in total. The molecule has 0 radical (unpaired) electrons. The number of nitrogens with zero attached hydrogens (tertiary/aromatic N) is 2. The van der Waals surface area contributed by atoms with Gasteiger partial charge in [-0.15, -0.1) is 11.3 Å². The number of carbonyl (C=O) groups excluding carboxylic acids is 2. The van der Waals surface area contributed by atoms with E-state index in [4.69, 9.17) is 46.9 Å². The molecule has 3 aliphatic rings. The van der Waals surface area contributed by atoms with Gasteiger partial charge in [-0.25, -0.2) is 9.59 Å². The van der Waals surface area contributed by atoms with Crippen molar-refractivity contribution in [1.82, 2.24) is 4.90 Å². The van der Waals surface area contributed by atoms with Crippen molar-refractivity contribution < 1.29 is 38.4 Å². The van der Waals surface area contributed by atoms with E-state index >= 15 is 0 Å². The topological polar surface area (TPSA) is 107 Å². The van der Waals surface area contributed by atoms with Crippen molar-refractivity contribution in [2.45, 2.75) is 44.9 Å². The highest BCUT2D eigenvalue weighted by Crippen LogP contribution is 2.39. The van der Waals surface area contributed by atoms with Gasteiger partial charge in [0.2, 0.25) is 0 Å². The number of amides is 1. The molecule has 1 aromatic heterocycles. The van der Waals surface area contributed by atoms with Crippen LogP contribution in [0.25, 0.3) is 0 Å². The summed E-state index contributed by atoms with van der Waals surface area (Å²) in [6.07, 6.45) is 3.60. The maximum Gasteiger partial charge on any atom is 0.415 e. The van der Waals surface area contributed by atoms with E-state index in [0.717, 1.165) is 25.9 Å². The van der Waals surface area contributed by atoms with E-state index in [1.54, 1.807) is 55.5 Å². The first kappa shape index (κ1) is 38.1. The summed E-state index contributed by atoms with van der Waals surface area (Å²) in [5.74, 6) is 1.01. The fraction of sp³-hybridized carbons (Fsp3) is 0.368. The molecule has 0 aliphatic carbocycles. The molecule has 1 amide bonds. The Morgan fingerprint density at radius 3 is 2.41 bits per heavy atom. The summed E-state index contributed by atoms with van der Waals surface area (Å²) in [5.41, 5.74) is 1.40. The molecule has 3 saturated heterocycles. The van der Waals surface area contributed by atoms with E-state index in [2.05, 4.69) is 11.5 Å². The minimum atomic E-state index is -0.831. The maximum absolute atomic E-state index is 13.8. The largest absolute Gasteiger partial charge is 0.506 e. The number of thiophene rings is 1. The van der Waals surface area contributed by atoms with Gasteiger partial charge in [0.05, 0.1) is 33.6 Å². The van der Waals surface area contributed by atoms with Crippen LogP contribution >= 0.6 is 34.5 Å². The number of hydrogen-bond donors (Lipinski definition) is 1. The number of phenols is 1. The molecule has 4 heterocycles. The van der Waals surface area contributed by atoms with Crippen LogP contribution in [0.1, 0.15) is 52.4 Å². The van der Waals surface area contributed by atoms with Gasteiger partial charge in [-0.3, -0.25) is 9.80 Å². The van der Waals surface area contributed by atoms with Crippen molar-refractivity contribution in [2.24, 2.45) is 5.92 Å². The standard InChI is InChI=1S/C38H42Cl2N2O8S/c1-6-28(39)27(29(40)7-2)20-33(24-8-12-32(47-4)34(18-24)48-5)49-37(44)36-13-10-26(51-36)21-42(30-19-25(46-3)9-11-31(30)43)38(45)50-35-22-41-16-14-23(35)15-17-41/h6-13,18-19,23,33,35,43H,1,14-17,20-22H2,2-5H3/b28-27+,29-7+/t33-,35-/m0/s1. The van der Waals surface area contributed by atoms with Gasteiger partial charge >= 0.3 is 12.1 Å². The summed E-state index contributed by atoms with van der Waals surface area (Å²) in [6.45, 7) is 8.26. The van der Waals surface area contributed by atoms with Crippen LogP contribution < -0.4 is 19.1 Å². The average molecular weight is 758 g/mol. The number of aromatic hydroxyl groups is 1. The van der Waals surface area contributed by atoms with Gasteiger partial charge in [-0.05, 0) is 86.3 Å². The van der Waals surface area contributed by atoms with Crippen LogP contribution in [0.15, 0.2) is 82.9 Å². The van der Waals surface area contributed by atoms with Crippen molar-refractivity contribution in [3.05, 3.63) is 98.2 Å². The van der Waals surface area contributed by atoms with Crippen LogP contribution in [0.2, 0.25) is 0 Å². The van der Waals surface area contributed by atoms with E-state index in [1.807, 2.05) is 0 Å². The molecule has 10 nitrogen and oxygen atoms in total. The Morgan fingerprint density at radius 2 is 1.78 bits per heavy atom. The first-order chi connectivity index (χ1) is 24.6. The second-order valence-corrected chi connectivity index (χ2v) is 14.1. The van der Waals surface area contributed by atoms with Gasteiger partial charge in [0.15, 0.2) is 11.5 Å². The lowest BCUT2D eigenvalue weighted by Gasteiger charge is -2.44. The quantitative estimate of drug-likeness (QED) is 0.128. The van der Waals surface area contributed by atoms with Gasteiger partial charge < -0.3 is 28.8 Å². The smallest absolute Gasteiger partial charge is 0.415 e. The van der Waals surface area contributed by atoms with Gasteiger partial charge in [-0.2, -0.15) is 0 Å². The zero-order valence-electron chi connectivity index (χ0n) is 29.0. The molecule has 13 heteroatoms. The Bertz CT molecular complexity index is 1800. The van der Waals surface area contributed by atoms with E-state index in [9.17, 15) is 14.7 Å². The molecular formula is C38H42Cl2N2O8S. The minimum Gasteiger partial charge on any atom is -0.506 e. The third-order valence-corrected chi connectivity index (χ3v) is 11.0. The molecule has 51 heavy (non-hydrogen) atoms. The number of piperidine rings is 3. The van der Waals surface area contributed by atoms with Gasteiger partial charge in [0, 0.05) is 34.0 Å². The number of fused-ring (bicyclic) bond motifs is 3. The lowest BCUT2D eigenvalue weighted by molar-refractivity contribution is -0.0311. The molecule has 0 saturated carbocycles. The number of allylic oxidation sites excluding steroid dienone is 4. The lowest BCUT2D eigenvalue weighted by atomic mass is 9.86. The Kier molecular flexibility index (Phi) is 13.0. The second kappa shape index (κ2) is 17.4. The number of methoxy groups -OCH3 is 3. The number of rotatable bonds is 14. The highest BCUT2D eigenvalue weighted by molar-refractivity contribution is 7.14. The fourth-order valence-electron chi connectivity index (χ4n) is 6.32. The molecule has 2 atom stereocenters. The van der Waals surface area contributed by atoms with E-state index < -0.39 is 18.2 Å². The van der Waals surface area contributed by atoms with E-state index in [-0.39, 0.29) is 30.5 Å². The molecule has 2 aromatic carbocycles. The molecule has 6 rings (SSSR count). The predicted molar refractivity (Wildman–Crippen MR) is 200 cm³/mol. The summed E-state index contributed by atoms with van der Waals surface area (Å²) in [5, 5.41) is 11.6. The Hall–Kier alpha value is -4.16. The second-order valence-electron chi connectivity index (χ2n) is 12.1. The molecule has 272 valence electrons. The van der Waals surface area contributed by atoms with Crippen molar-refractivity contribution in [2.75, 3.05) is 45.9 Å². The zero-order valence-corrected chi connectivity index (χ0v) is 31.4. The fourth-order valence-corrected chi connectivity index (χ4v) is 7.61. The lowest BCUT2D eigenvalue weighted by Crippen LogP contribution is -2.53. The number of halogens is 2. The number of carbonyl (C=O) groups is 2. The summed E-state index contributed by atoms with van der Waals surface area (Å²) < 4.78 is 28.5. The van der Waals surface area contributed by atoms with Crippen molar-refractivity contribution in [1.29, 1.82) is 0 Å². The molecule has 3 fully saturated rings. The van der Waals surface area contributed by atoms with Crippen LogP contribution in [0, 0.1) is 5.92 Å². The first-order valence-corrected chi connectivity index (χ1v) is 18.1. The van der Waals surface area contributed by atoms with Crippen molar-refractivity contribution in [3.8, 4) is 23.0 Å². The van der Waals surface area contributed by atoms with Gasteiger partial charge in [0.25, 0.3) is 0 Å². The molecular weight excluding hydrogens is 715 g/mol. The Labute approximate surface area is 312 Å². The number of benzene rings is 2. The number of hydrogen-bond acceptors (Lipinski definition) is 10. The Morgan fingerprint density at radius 1 is 1.04 bits per heavy atom. The monoisotopic (exact) mass is 756 g/mol. The number of esters is 1. The SMILES string of the molecule is C=C/C(Cl)=C(C[C@H](OC(=O)c1ccc(CN(C(=O)O[C@H]2CN3CCC2CC3)c2cc(OC)ccc2O)s1)c1ccc(OC)c(OC)c1)\C(Cl)=C/C. The highest BCUT2D eigenvalue weighted by atomic mass is 35.5. The first-order valence-electron chi connectivity index (χ1n) is 16.5. The van der Waals surface area contributed by atoms with Gasteiger partial charge in [-0.1, -0.05) is 48.0 Å². The Balaban J connectivity index is 1.42. The van der Waals surface area contributed by atoms with Crippen LogP contribution in [-0.4, -0.2) is 69.1 Å². The summed E-state index contributed by atoms with van der Waals surface area (Å²) in [6, 6.07) is 13.3. The van der Waals surface area contributed by atoms with E-state index in [0.29, 0.717) is 60.7 Å². The van der Waals surface area contributed by atoms with Crippen LogP contribution in [-0.2, 0) is 16.0 Å².